The number of rotatable bonds is 4. The molecule has 1 aromatic heterocycles. The van der Waals surface area contributed by atoms with Gasteiger partial charge in [0.15, 0.2) is 0 Å². The van der Waals surface area contributed by atoms with E-state index in [1.54, 1.807) is 4.90 Å². The summed E-state index contributed by atoms with van der Waals surface area (Å²) in [7, 11) is 0. The topological polar surface area (TPSA) is 75.0 Å². The van der Waals surface area contributed by atoms with E-state index in [0.717, 1.165) is 42.0 Å². The molecule has 3 rings (SSSR count). The van der Waals surface area contributed by atoms with Crippen molar-refractivity contribution in [3.05, 3.63) is 47.5 Å². The van der Waals surface area contributed by atoms with Gasteiger partial charge in [0.25, 0.3) is 0 Å². The van der Waals surface area contributed by atoms with Gasteiger partial charge in [0.1, 0.15) is 5.82 Å². The molecular formula is C16H20N4O. The lowest BCUT2D eigenvalue weighted by Gasteiger charge is -2.23. The second kappa shape index (κ2) is 5.69. The van der Waals surface area contributed by atoms with Crippen molar-refractivity contribution in [2.24, 2.45) is 5.73 Å². The summed E-state index contributed by atoms with van der Waals surface area (Å²) in [6.45, 7) is 2.14. The summed E-state index contributed by atoms with van der Waals surface area (Å²) in [6.07, 6.45) is 4.68. The number of benzene rings is 1. The number of nitrogens with two attached hydrogens (primary N) is 1. The first kappa shape index (κ1) is 13.8. The summed E-state index contributed by atoms with van der Waals surface area (Å²) >= 11 is 0. The number of aromatic amines is 1. The first-order chi connectivity index (χ1) is 10.2. The molecule has 0 aliphatic carbocycles. The summed E-state index contributed by atoms with van der Waals surface area (Å²) in [6, 6.07) is 7.89. The predicted molar refractivity (Wildman–Crippen MR) is 82.0 cm³/mol. The number of aromatic nitrogens is 2. The van der Waals surface area contributed by atoms with E-state index < -0.39 is 0 Å². The van der Waals surface area contributed by atoms with Gasteiger partial charge in [0.05, 0.1) is 12.6 Å². The van der Waals surface area contributed by atoms with Gasteiger partial charge in [-0.25, -0.2) is 4.98 Å². The normalized spacial score (nSPS) is 17.0. The number of nitrogens with one attached hydrogen (secondary N) is 1. The zero-order valence-electron chi connectivity index (χ0n) is 12.2. The van der Waals surface area contributed by atoms with Crippen molar-refractivity contribution in [3.8, 4) is 0 Å². The number of hydrogen-bond donors (Lipinski definition) is 2. The van der Waals surface area contributed by atoms with Crippen LogP contribution in [-0.4, -0.2) is 22.4 Å². The predicted octanol–water partition coefficient (Wildman–Crippen LogP) is 1.95. The molecule has 1 unspecified atom stereocenters. The number of aryl methyl sites for hydroxylation is 1. The van der Waals surface area contributed by atoms with E-state index in [9.17, 15) is 4.79 Å². The Bertz CT molecular complexity index is 649. The Labute approximate surface area is 124 Å². The highest BCUT2D eigenvalue weighted by Gasteiger charge is 2.35. The third kappa shape index (κ3) is 2.45. The Hall–Kier alpha value is -2.14. The molecule has 0 saturated heterocycles. The van der Waals surface area contributed by atoms with Crippen LogP contribution in [0, 0.1) is 0 Å². The fourth-order valence-corrected chi connectivity index (χ4v) is 2.95. The van der Waals surface area contributed by atoms with Gasteiger partial charge in [-0.3, -0.25) is 4.79 Å². The molecule has 2 aromatic rings. The third-order valence-corrected chi connectivity index (χ3v) is 3.90. The SMILES string of the molecule is CCCc1cnc(C2Cc3ccccc3N2C(=O)CN)[nH]1. The molecule has 5 heteroatoms. The minimum atomic E-state index is -0.0796. The minimum absolute atomic E-state index is 0.00730. The number of H-pyrrole nitrogens is 1. The first-order valence-corrected chi connectivity index (χ1v) is 7.38. The number of carbonyl (C=O) groups is 1. The highest BCUT2D eigenvalue weighted by Crippen LogP contribution is 2.39. The quantitative estimate of drug-likeness (QED) is 0.901. The lowest BCUT2D eigenvalue weighted by molar-refractivity contribution is -0.117. The number of para-hydroxylation sites is 1. The van der Waals surface area contributed by atoms with Gasteiger partial charge in [-0.15, -0.1) is 0 Å². The van der Waals surface area contributed by atoms with Crippen molar-refractivity contribution >= 4 is 11.6 Å². The zero-order chi connectivity index (χ0) is 14.8. The molecule has 3 N–H and O–H groups in total. The molecule has 110 valence electrons. The average Bonchev–Trinajstić information content (AvgIpc) is 3.10. The van der Waals surface area contributed by atoms with Crippen LogP contribution in [0.25, 0.3) is 0 Å². The molecule has 1 atom stereocenters. The maximum atomic E-state index is 12.3. The van der Waals surface area contributed by atoms with Crippen molar-refractivity contribution in [2.75, 3.05) is 11.4 Å². The second-order valence-corrected chi connectivity index (χ2v) is 5.36. The largest absolute Gasteiger partial charge is 0.344 e. The molecule has 0 saturated carbocycles. The standard InChI is InChI=1S/C16H20N4O/c1-2-5-12-10-18-16(19-12)14-8-11-6-3-4-7-13(11)20(14)15(21)9-17/h3-4,6-7,10,14H,2,5,8-9,17H2,1H3,(H,18,19). The highest BCUT2D eigenvalue weighted by atomic mass is 16.2. The lowest BCUT2D eigenvalue weighted by atomic mass is 10.1. The number of amides is 1. The number of anilines is 1. The molecular weight excluding hydrogens is 264 g/mol. The number of carbonyl (C=O) groups excluding carboxylic acids is 1. The van der Waals surface area contributed by atoms with Crippen molar-refractivity contribution in [2.45, 2.75) is 32.2 Å². The van der Waals surface area contributed by atoms with Crippen LogP contribution in [0.1, 0.15) is 36.5 Å². The molecule has 1 aromatic carbocycles. The van der Waals surface area contributed by atoms with E-state index in [1.807, 2.05) is 24.4 Å². The van der Waals surface area contributed by atoms with E-state index >= 15 is 0 Å². The van der Waals surface area contributed by atoms with Gasteiger partial charge >= 0.3 is 0 Å². The van der Waals surface area contributed by atoms with Crippen LogP contribution >= 0.6 is 0 Å². The molecule has 2 heterocycles. The number of imidazole rings is 1. The Morgan fingerprint density at radius 1 is 1.48 bits per heavy atom. The molecule has 0 fully saturated rings. The van der Waals surface area contributed by atoms with Crippen LogP contribution in [0.15, 0.2) is 30.5 Å². The van der Waals surface area contributed by atoms with Crippen LogP contribution in [0.2, 0.25) is 0 Å². The molecule has 0 spiro atoms. The molecule has 1 amide bonds. The average molecular weight is 284 g/mol. The van der Waals surface area contributed by atoms with E-state index in [4.69, 9.17) is 5.73 Å². The summed E-state index contributed by atoms with van der Waals surface area (Å²) < 4.78 is 0. The van der Waals surface area contributed by atoms with Crippen LogP contribution in [-0.2, 0) is 17.6 Å². The van der Waals surface area contributed by atoms with Crippen LogP contribution in [0.4, 0.5) is 5.69 Å². The smallest absolute Gasteiger partial charge is 0.241 e. The number of fused-ring (bicyclic) bond motifs is 1. The third-order valence-electron chi connectivity index (χ3n) is 3.90. The van der Waals surface area contributed by atoms with Gasteiger partial charge in [0.2, 0.25) is 5.91 Å². The van der Waals surface area contributed by atoms with E-state index in [1.165, 1.54) is 0 Å². The summed E-state index contributed by atoms with van der Waals surface area (Å²) in [5.41, 5.74) is 8.81. The molecule has 5 nitrogen and oxygen atoms in total. The lowest BCUT2D eigenvalue weighted by Crippen LogP contribution is -2.37. The summed E-state index contributed by atoms with van der Waals surface area (Å²) in [5, 5.41) is 0. The molecule has 0 radical (unpaired) electrons. The Morgan fingerprint density at radius 3 is 3.05 bits per heavy atom. The second-order valence-electron chi connectivity index (χ2n) is 5.36. The van der Waals surface area contributed by atoms with Crippen molar-refractivity contribution in [1.29, 1.82) is 0 Å². The van der Waals surface area contributed by atoms with Gasteiger partial charge in [-0.2, -0.15) is 0 Å². The summed E-state index contributed by atoms with van der Waals surface area (Å²) in [4.78, 5) is 21.9. The molecule has 1 aliphatic rings. The van der Waals surface area contributed by atoms with Crippen LogP contribution < -0.4 is 10.6 Å². The fourth-order valence-electron chi connectivity index (χ4n) is 2.95. The molecule has 21 heavy (non-hydrogen) atoms. The molecule has 1 aliphatic heterocycles. The first-order valence-electron chi connectivity index (χ1n) is 7.38. The van der Waals surface area contributed by atoms with Gasteiger partial charge in [0, 0.05) is 24.0 Å². The van der Waals surface area contributed by atoms with Crippen LogP contribution in [0.5, 0.6) is 0 Å². The monoisotopic (exact) mass is 284 g/mol. The van der Waals surface area contributed by atoms with Crippen molar-refractivity contribution < 1.29 is 4.79 Å². The van der Waals surface area contributed by atoms with E-state index in [-0.39, 0.29) is 18.5 Å². The summed E-state index contributed by atoms with van der Waals surface area (Å²) in [5.74, 6) is 0.773. The Balaban J connectivity index is 1.96. The fraction of sp³-hybridized carbons (Fsp3) is 0.375. The maximum absolute atomic E-state index is 12.3. The number of hydrogen-bond acceptors (Lipinski definition) is 3. The zero-order valence-corrected chi connectivity index (χ0v) is 12.2. The highest BCUT2D eigenvalue weighted by molar-refractivity contribution is 5.97. The van der Waals surface area contributed by atoms with Gasteiger partial charge in [-0.1, -0.05) is 31.5 Å². The van der Waals surface area contributed by atoms with E-state index in [0.29, 0.717) is 0 Å². The van der Waals surface area contributed by atoms with Crippen LogP contribution in [0.3, 0.4) is 0 Å². The Kier molecular flexibility index (Phi) is 3.75. The van der Waals surface area contributed by atoms with Crippen molar-refractivity contribution in [1.82, 2.24) is 9.97 Å². The van der Waals surface area contributed by atoms with Crippen molar-refractivity contribution in [3.63, 3.8) is 0 Å². The van der Waals surface area contributed by atoms with Gasteiger partial charge in [-0.05, 0) is 18.1 Å². The minimum Gasteiger partial charge on any atom is -0.344 e. The Morgan fingerprint density at radius 2 is 2.29 bits per heavy atom. The number of nitrogens with zero attached hydrogens (tertiary/aromatic N) is 2. The maximum Gasteiger partial charge on any atom is 0.241 e. The van der Waals surface area contributed by atoms with Gasteiger partial charge < -0.3 is 15.6 Å². The van der Waals surface area contributed by atoms with E-state index in [2.05, 4.69) is 23.0 Å². The molecule has 0 bridgehead atoms.